The third-order valence-corrected chi connectivity index (χ3v) is 5.52. The van der Waals surface area contributed by atoms with Gasteiger partial charge in [0.2, 0.25) is 17.7 Å². The Bertz CT molecular complexity index is 801. The second kappa shape index (κ2) is 13.5. The topological polar surface area (TPSA) is 171 Å². The lowest BCUT2D eigenvalue weighted by atomic mass is 9.97. The Balaban J connectivity index is 2.85. The van der Waals surface area contributed by atoms with Gasteiger partial charge in [-0.15, -0.1) is 0 Å². The van der Waals surface area contributed by atoms with Gasteiger partial charge in [-0.1, -0.05) is 64.4 Å². The zero-order chi connectivity index (χ0) is 25.1. The molecule has 3 amide bonds. The molecule has 1 rings (SSSR count). The number of nitrogens with one attached hydrogen (secondary N) is 3. The Morgan fingerprint density at radius 3 is 1.97 bits per heavy atom. The van der Waals surface area contributed by atoms with E-state index in [4.69, 9.17) is 5.73 Å². The molecule has 0 aliphatic rings. The van der Waals surface area contributed by atoms with Crippen LogP contribution in [0.15, 0.2) is 30.3 Å². The SMILES string of the molecule is CCC(C)C(N)C(=O)NC(C(=O)NC(CO)C(=O)NC(Cc1ccccc1)C(=O)O)C(C)C. The van der Waals surface area contributed by atoms with Crippen LogP contribution in [0.4, 0.5) is 0 Å². The Kier molecular flexibility index (Phi) is 11.5. The number of aliphatic carboxylic acids is 1. The molecule has 0 spiro atoms. The van der Waals surface area contributed by atoms with E-state index in [1.165, 1.54) is 0 Å². The van der Waals surface area contributed by atoms with Crippen molar-refractivity contribution in [3.63, 3.8) is 0 Å². The lowest BCUT2D eigenvalue weighted by Crippen LogP contribution is -2.59. The number of carbonyl (C=O) groups is 4. The van der Waals surface area contributed by atoms with Crippen molar-refractivity contribution in [2.45, 2.75) is 64.7 Å². The van der Waals surface area contributed by atoms with E-state index in [9.17, 15) is 29.4 Å². The van der Waals surface area contributed by atoms with Gasteiger partial charge in [-0.25, -0.2) is 4.79 Å². The molecular weight excluding hydrogens is 428 g/mol. The zero-order valence-electron chi connectivity index (χ0n) is 19.6. The summed E-state index contributed by atoms with van der Waals surface area (Å²) in [4.78, 5) is 49.4. The molecule has 0 aromatic heterocycles. The maximum Gasteiger partial charge on any atom is 0.326 e. The number of carboxylic acid groups (broad SMARTS) is 1. The minimum atomic E-state index is -1.39. The molecule has 10 heteroatoms. The smallest absolute Gasteiger partial charge is 0.326 e. The van der Waals surface area contributed by atoms with Crippen LogP contribution in [0.2, 0.25) is 0 Å². The average molecular weight is 465 g/mol. The van der Waals surface area contributed by atoms with Gasteiger partial charge in [-0.3, -0.25) is 14.4 Å². The second-order valence-corrected chi connectivity index (χ2v) is 8.47. The highest BCUT2D eigenvalue weighted by Gasteiger charge is 2.32. The van der Waals surface area contributed by atoms with Gasteiger partial charge in [0.05, 0.1) is 12.6 Å². The fourth-order valence-corrected chi connectivity index (χ4v) is 3.07. The molecule has 0 radical (unpaired) electrons. The highest BCUT2D eigenvalue weighted by Crippen LogP contribution is 2.09. The van der Waals surface area contributed by atoms with Gasteiger partial charge in [-0.2, -0.15) is 0 Å². The molecule has 0 fully saturated rings. The molecule has 7 N–H and O–H groups in total. The third-order valence-electron chi connectivity index (χ3n) is 5.52. The number of carbonyl (C=O) groups excluding carboxylic acids is 3. The molecule has 1 aromatic carbocycles. The summed E-state index contributed by atoms with van der Waals surface area (Å²) in [7, 11) is 0. The van der Waals surface area contributed by atoms with Gasteiger partial charge < -0.3 is 31.9 Å². The second-order valence-electron chi connectivity index (χ2n) is 8.47. The first-order valence-electron chi connectivity index (χ1n) is 11.1. The number of nitrogens with two attached hydrogens (primary N) is 1. The van der Waals surface area contributed by atoms with Crippen LogP contribution in [-0.2, 0) is 25.6 Å². The normalized spacial score (nSPS) is 15.6. The lowest BCUT2D eigenvalue weighted by molar-refractivity contribution is -0.142. The van der Waals surface area contributed by atoms with Crippen molar-refractivity contribution >= 4 is 23.7 Å². The number of rotatable bonds is 13. The maximum absolute atomic E-state index is 12.8. The largest absolute Gasteiger partial charge is 0.480 e. The lowest BCUT2D eigenvalue weighted by Gasteiger charge is -2.27. The summed E-state index contributed by atoms with van der Waals surface area (Å²) < 4.78 is 0. The van der Waals surface area contributed by atoms with Crippen LogP contribution in [0.5, 0.6) is 0 Å². The van der Waals surface area contributed by atoms with Crippen molar-refractivity contribution in [2.75, 3.05) is 6.61 Å². The molecule has 0 heterocycles. The van der Waals surface area contributed by atoms with Crippen LogP contribution in [0.1, 0.15) is 39.7 Å². The standard InChI is InChI=1S/C23H36N4O6/c1-5-14(4)18(24)21(30)27-19(13(2)3)22(31)26-17(12-28)20(29)25-16(23(32)33)11-15-9-7-6-8-10-15/h6-10,13-14,16-19,28H,5,11-12,24H2,1-4H3,(H,25,29)(H,26,31)(H,27,30)(H,32,33). The van der Waals surface area contributed by atoms with Crippen LogP contribution >= 0.6 is 0 Å². The monoisotopic (exact) mass is 464 g/mol. The van der Waals surface area contributed by atoms with Crippen molar-refractivity contribution < 1.29 is 29.4 Å². The van der Waals surface area contributed by atoms with Crippen molar-refractivity contribution in [3.05, 3.63) is 35.9 Å². The van der Waals surface area contributed by atoms with E-state index in [2.05, 4.69) is 16.0 Å². The average Bonchev–Trinajstić information content (AvgIpc) is 2.79. The fraction of sp³-hybridized carbons (Fsp3) is 0.565. The van der Waals surface area contributed by atoms with Gasteiger partial charge in [0, 0.05) is 6.42 Å². The minimum absolute atomic E-state index is 0.0339. The summed E-state index contributed by atoms with van der Waals surface area (Å²) >= 11 is 0. The summed E-state index contributed by atoms with van der Waals surface area (Å²) in [5.41, 5.74) is 6.64. The summed E-state index contributed by atoms with van der Waals surface area (Å²) in [5.74, 6) is -3.68. The highest BCUT2D eigenvalue weighted by atomic mass is 16.4. The molecule has 1 aromatic rings. The molecule has 5 atom stereocenters. The maximum atomic E-state index is 12.8. The summed E-state index contributed by atoms with van der Waals surface area (Å²) in [6, 6.07) is 4.32. The number of amides is 3. The summed E-state index contributed by atoms with van der Waals surface area (Å²) in [6.45, 7) is 6.41. The molecule has 184 valence electrons. The van der Waals surface area contributed by atoms with Crippen LogP contribution in [-0.4, -0.2) is 64.7 Å². The fourth-order valence-electron chi connectivity index (χ4n) is 3.07. The summed E-state index contributed by atoms with van der Waals surface area (Å²) in [6.07, 6.45) is 0.722. The first kappa shape index (κ1) is 28.1. The predicted octanol–water partition coefficient (Wildman–Crippen LogP) is -0.210. The van der Waals surface area contributed by atoms with Gasteiger partial charge in [-0.05, 0) is 17.4 Å². The zero-order valence-corrected chi connectivity index (χ0v) is 19.6. The molecule has 0 aliphatic carbocycles. The third kappa shape index (κ3) is 8.82. The van der Waals surface area contributed by atoms with E-state index in [0.717, 1.165) is 0 Å². The van der Waals surface area contributed by atoms with E-state index in [-0.39, 0.29) is 18.3 Å². The molecule has 0 aliphatic heterocycles. The van der Waals surface area contributed by atoms with Crippen LogP contribution in [0, 0.1) is 11.8 Å². The Labute approximate surface area is 194 Å². The number of benzene rings is 1. The van der Waals surface area contributed by atoms with Gasteiger partial charge in [0.15, 0.2) is 0 Å². The van der Waals surface area contributed by atoms with E-state index in [0.29, 0.717) is 12.0 Å². The molecule has 33 heavy (non-hydrogen) atoms. The van der Waals surface area contributed by atoms with E-state index < -0.39 is 54.5 Å². The number of aliphatic hydroxyl groups excluding tert-OH is 1. The van der Waals surface area contributed by atoms with Crippen molar-refractivity contribution in [1.29, 1.82) is 0 Å². The number of hydrogen-bond donors (Lipinski definition) is 6. The number of carboxylic acids is 1. The molecule has 0 bridgehead atoms. The van der Waals surface area contributed by atoms with E-state index >= 15 is 0 Å². The van der Waals surface area contributed by atoms with Crippen molar-refractivity contribution in [3.8, 4) is 0 Å². The Morgan fingerprint density at radius 2 is 1.48 bits per heavy atom. The Hall–Kier alpha value is -2.98. The van der Waals surface area contributed by atoms with Crippen LogP contribution in [0.25, 0.3) is 0 Å². The quantitative estimate of drug-likeness (QED) is 0.234. The van der Waals surface area contributed by atoms with E-state index in [1.807, 2.05) is 13.8 Å². The van der Waals surface area contributed by atoms with Gasteiger partial charge in [0.25, 0.3) is 0 Å². The first-order valence-corrected chi connectivity index (χ1v) is 11.1. The van der Waals surface area contributed by atoms with Crippen molar-refractivity contribution in [2.24, 2.45) is 17.6 Å². The van der Waals surface area contributed by atoms with Gasteiger partial charge >= 0.3 is 5.97 Å². The molecule has 0 saturated carbocycles. The highest BCUT2D eigenvalue weighted by molar-refractivity contribution is 5.94. The number of hydrogen-bond acceptors (Lipinski definition) is 6. The molecule has 5 unspecified atom stereocenters. The molecule has 10 nitrogen and oxygen atoms in total. The minimum Gasteiger partial charge on any atom is -0.480 e. The molecular formula is C23H36N4O6. The molecule has 0 saturated heterocycles. The van der Waals surface area contributed by atoms with Crippen LogP contribution in [0.3, 0.4) is 0 Å². The van der Waals surface area contributed by atoms with E-state index in [1.54, 1.807) is 44.2 Å². The van der Waals surface area contributed by atoms with Gasteiger partial charge in [0.1, 0.15) is 18.1 Å². The van der Waals surface area contributed by atoms with Crippen molar-refractivity contribution in [1.82, 2.24) is 16.0 Å². The first-order chi connectivity index (χ1) is 15.5. The summed E-state index contributed by atoms with van der Waals surface area (Å²) in [5, 5.41) is 26.5. The van der Waals surface area contributed by atoms with Crippen LogP contribution < -0.4 is 21.7 Å². The predicted molar refractivity (Wildman–Crippen MR) is 123 cm³/mol. The Morgan fingerprint density at radius 1 is 0.909 bits per heavy atom. The number of aliphatic hydroxyl groups is 1.